The maximum atomic E-state index is 5.40. The van der Waals surface area contributed by atoms with E-state index in [2.05, 4.69) is 45.4 Å². The molecule has 2 aliphatic rings. The Hall–Kier alpha value is -1.10. The summed E-state index contributed by atoms with van der Waals surface area (Å²) < 4.78 is 5.40. The molecular weight excluding hydrogens is 262 g/mol. The van der Waals surface area contributed by atoms with Gasteiger partial charge in [-0.1, -0.05) is 18.2 Å². The molecule has 0 aromatic heterocycles. The van der Waals surface area contributed by atoms with Gasteiger partial charge in [-0.3, -0.25) is 4.90 Å². The highest BCUT2D eigenvalue weighted by atomic mass is 16.5. The van der Waals surface area contributed by atoms with Gasteiger partial charge >= 0.3 is 0 Å². The van der Waals surface area contributed by atoms with Gasteiger partial charge in [0.2, 0.25) is 0 Å². The number of hydrogen-bond donors (Lipinski definition) is 1. The van der Waals surface area contributed by atoms with Crippen LogP contribution in [0.15, 0.2) is 30.3 Å². The second kappa shape index (κ2) is 7.78. The average Bonchev–Trinajstić information content (AvgIpc) is 3.06. The Labute approximate surface area is 128 Å². The van der Waals surface area contributed by atoms with Crippen molar-refractivity contribution in [1.29, 1.82) is 0 Å². The summed E-state index contributed by atoms with van der Waals surface area (Å²) in [5.41, 5.74) is 1.36. The minimum absolute atomic E-state index is 0.736. The van der Waals surface area contributed by atoms with Gasteiger partial charge in [0.1, 0.15) is 0 Å². The third-order valence-electron chi connectivity index (χ3n) is 4.56. The molecule has 1 N–H and O–H groups in total. The molecule has 0 bridgehead atoms. The van der Waals surface area contributed by atoms with E-state index in [1.165, 1.54) is 25.2 Å². The fourth-order valence-electron chi connectivity index (χ4n) is 3.16. The number of hydrogen-bond acceptors (Lipinski definition) is 4. The van der Waals surface area contributed by atoms with Crippen molar-refractivity contribution in [2.45, 2.75) is 6.42 Å². The molecule has 116 valence electrons. The molecule has 2 heterocycles. The average molecular weight is 289 g/mol. The molecule has 4 heteroatoms. The number of benzene rings is 1. The Kier molecular flexibility index (Phi) is 5.49. The number of nitrogens with one attached hydrogen (secondary N) is 1. The zero-order valence-electron chi connectivity index (χ0n) is 12.8. The highest BCUT2D eigenvalue weighted by molar-refractivity contribution is 5.46. The molecular formula is C17H27N3O. The topological polar surface area (TPSA) is 27.7 Å². The van der Waals surface area contributed by atoms with Crippen molar-refractivity contribution in [2.24, 2.45) is 5.92 Å². The van der Waals surface area contributed by atoms with Gasteiger partial charge in [0.15, 0.2) is 0 Å². The van der Waals surface area contributed by atoms with E-state index < -0.39 is 0 Å². The Bertz CT molecular complexity index is 398. The summed E-state index contributed by atoms with van der Waals surface area (Å²) in [5.74, 6) is 0.736. The summed E-state index contributed by atoms with van der Waals surface area (Å²) in [4.78, 5) is 5.05. The van der Waals surface area contributed by atoms with Gasteiger partial charge in [-0.25, -0.2) is 0 Å². The molecule has 2 aliphatic heterocycles. The molecule has 1 aromatic carbocycles. The quantitative estimate of drug-likeness (QED) is 0.802. The Morgan fingerprint density at radius 2 is 1.90 bits per heavy atom. The van der Waals surface area contributed by atoms with E-state index in [4.69, 9.17) is 4.74 Å². The standard InChI is InChI=1S/C17H27N3O/c1-2-4-17(5-3-1)20-11-9-19(10-12-20)8-7-18-14-16-6-13-21-15-16/h1-5,16,18H,6-15H2. The van der Waals surface area contributed by atoms with Crippen LogP contribution in [0, 0.1) is 5.92 Å². The lowest BCUT2D eigenvalue weighted by molar-refractivity contribution is 0.184. The van der Waals surface area contributed by atoms with Gasteiger partial charge in [-0.2, -0.15) is 0 Å². The molecule has 0 amide bonds. The van der Waals surface area contributed by atoms with Gasteiger partial charge < -0.3 is 15.0 Å². The van der Waals surface area contributed by atoms with Crippen molar-refractivity contribution in [2.75, 3.05) is 63.9 Å². The maximum absolute atomic E-state index is 5.40. The van der Waals surface area contributed by atoms with Crippen molar-refractivity contribution in [3.8, 4) is 0 Å². The van der Waals surface area contributed by atoms with Crippen LogP contribution in [-0.2, 0) is 4.74 Å². The third-order valence-corrected chi connectivity index (χ3v) is 4.56. The monoisotopic (exact) mass is 289 g/mol. The van der Waals surface area contributed by atoms with E-state index in [1.54, 1.807) is 0 Å². The summed E-state index contributed by atoms with van der Waals surface area (Å²) in [6.07, 6.45) is 1.22. The van der Waals surface area contributed by atoms with Crippen LogP contribution in [0.2, 0.25) is 0 Å². The van der Waals surface area contributed by atoms with E-state index in [0.717, 1.165) is 51.9 Å². The molecule has 1 aromatic rings. The van der Waals surface area contributed by atoms with Crippen LogP contribution in [0.1, 0.15) is 6.42 Å². The van der Waals surface area contributed by atoms with Crippen LogP contribution in [0.3, 0.4) is 0 Å². The van der Waals surface area contributed by atoms with Crippen molar-refractivity contribution >= 4 is 5.69 Å². The first-order valence-corrected chi connectivity index (χ1v) is 8.22. The smallest absolute Gasteiger partial charge is 0.0507 e. The fourth-order valence-corrected chi connectivity index (χ4v) is 3.16. The zero-order chi connectivity index (χ0) is 14.3. The van der Waals surface area contributed by atoms with Gasteiger partial charge in [0.05, 0.1) is 6.61 Å². The summed E-state index contributed by atoms with van der Waals surface area (Å²) in [6.45, 7) is 9.89. The summed E-state index contributed by atoms with van der Waals surface area (Å²) in [7, 11) is 0. The van der Waals surface area contributed by atoms with Crippen LogP contribution < -0.4 is 10.2 Å². The summed E-state index contributed by atoms with van der Waals surface area (Å²) in [5, 5.41) is 3.58. The van der Waals surface area contributed by atoms with E-state index in [1.807, 2.05) is 0 Å². The van der Waals surface area contributed by atoms with Crippen LogP contribution in [0.5, 0.6) is 0 Å². The Morgan fingerprint density at radius 3 is 2.62 bits per heavy atom. The van der Waals surface area contributed by atoms with Gasteiger partial charge in [0, 0.05) is 58.1 Å². The molecule has 1 atom stereocenters. The molecule has 2 saturated heterocycles. The molecule has 4 nitrogen and oxygen atoms in total. The number of para-hydroxylation sites is 1. The number of nitrogens with zero attached hydrogens (tertiary/aromatic N) is 2. The van der Waals surface area contributed by atoms with Crippen LogP contribution in [0.4, 0.5) is 5.69 Å². The van der Waals surface area contributed by atoms with Gasteiger partial charge in [-0.15, -0.1) is 0 Å². The zero-order valence-corrected chi connectivity index (χ0v) is 12.8. The highest BCUT2D eigenvalue weighted by Crippen LogP contribution is 2.15. The van der Waals surface area contributed by atoms with E-state index in [0.29, 0.717) is 0 Å². The molecule has 0 spiro atoms. The van der Waals surface area contributed by atoms with Crippen molar-refractivity contribution in [1.82, 2.24) is 10.2 Å². The minimum Gasteiger partial charge on any atom is -0.381 e. The molecule has 0 aliphatic carbocycles. The highest BCUT2D eigenvalue weighted by Gasteiger charge is 2.17. The van der Waals surface area contributed by atoms with Crippen molar-refractivity contribution < 1.29 is 4.74 Å². The first-order chi connectivity index (χ1) is 10.4. The largest absolute Gasteiger partial charge is 0.381 e. The molecule has 0 saturated carbocycles. The van der Waals surface area contributed by atoms with Crippen LogP contribution in [-0.4, -0.2) is 63.9 Å². The van der Waals surface area contributed by atoms with E-state index in [9.17, 15) is 0 Å². The lowest BCUT2D eigenvalue weighted by Gasteiger charge is -2.36. The number of rotatable bonds is 6. The van der Waals surface area contributed by atoms with Crippen molar-refractivity contribution in [3.05, 3.63) is 30.3 Å². The van der Waals surface area contributed by atoms with E-state index >= 15 is 0 Å². The normalized spacial score (nSPS) is 23.6. The SMILES string of the molecule is c1ccc(N2CCN(CCNCC3CCOC3)CC2)cc1. The maximum Gasteiger partial charge on any atom is 0.0507 e. The van der Waals surface area contributed by atoms with E-state index in [-0.39, 0.29) is 0 Å². The lowest BCUT2D eigenvalue weighted by Crippen LogP contribution is -2.48. The molecule has 1 unspecified atom stereocenters. The molecule has 2 fully saturated rings. The minimum atomic E-state index is 0.736. The number of ether oxygens (including phenoxy) is 1. The summed E-state index contributed by atoms with van der Waals surface area (Å²) >= 11 is 0. The number of anilines is 1. The predicted molar refractivity (Wildman–Crippen MR) is 86.9 cm³/mol. The van der Waals surface area contributed by atoms with Gasteiger partial charge in [-0.05, 0) is 24.5 Å². The molecule has 0 radical (unpaired) electrons. The second-order valence-corrected chi connectivity index (χ2v) is 6.10. The van der Waals surface area contributed by atoms with Crippen molar-refractivity contribution in [3.63, 3.8) is 0 Å². The lowest BCUT2D eigenvalue weighted by atomic mass is 10.1. The molecule has 21 heavy (non-hydrogen) atoms. The number of piperazine rings is 1. The van der Waals surface area contributed by atoms with Crippen LogP contribution >= 0.6 is 0 Å². The Morgan fingerprint density at radius 1 is 1.10 bits per heavy atom. The molecule has 3 rings (SSSR count). The Balaban J connectivity index is 1.30. The summed E-state index contributed by atoms with van der Waals surface area (Å²) in [6, 6.07) is 10.7. The second-order valence-electron chi connectivity index (χ2n) is 6.10. The third kappa shape index (κ3) is 4.43. The van der Waals surface area contributed by atoms with Crippen LogP contribution in [0.25, 0.3) is 0 Å². The first kappa shape index (κ1) is 14.8. The fraction of sp³-hybridized carbons (Fsp3) is 0.647. The predicted octanol–water partition coefficient (Wildman–Crippen LogP) is 1.43. The van der Waals surface area contributed by atoms with Gasteiger partial charge in [0.25, 0.3) is 0 Å². The first-order valence-electron chi connectivity index (χ1n) is 8.22.